The van der Waals surface area contributed by atoms with E-state index in [-0.39, 0.29) is 12.1 Å². The van der Waals surface area contributed by atoms with Gasteiger partial charge >= 0.3 is 0 Å². The van der Waals surface area contributed by atoms with Gasteiger partial charge in [-0.3, -0.25) is 0 Å². The molecule has 0 radical (unpaired) electrons. The van der Waals surface area contributed by atoms with E-state index in [1.807, 2.05) is 12.1 Å². The summed E-state index contributed by atoms with van der Waals surface area (Å²) in [6, 6.07) is 4.04. The van der Waals surface area contributed by atoms with Crippen molar-refractivity contribution in [1.82, 2.24) is 5.32 Å². The van der Waals surface area contributed by atoms with Gasteiger partial charge < -0.3 is 14.8 Å². The van der Waals surface area contributed by atoms with E-state index in [1.165, 1.54) is 0 Å². The summed E-state index contributed by atoms with van der Waals surface area (Å²) in [4.78, 5) is 0. The summed E-state index contributed by atoms with van der Waals surface area (Å²) in [6.07, 6.45) is 2.90. The fraction of sp³-hybridized carbons (Fsp3) is 0.600. The molecule has 3 nitrogen and oxygen atoms in total. The van der Waals surface area contributed by atoms with E-state index in [0.717, 1.165) is 29.7 Å². The third-order valence-corrected chi connectivity index (χ3v) is 3.07. The van der Waals surface area contributed by atoms with Crippen molar-refractivity contribution in [2.24, 2.45) is 0 Å². The Kier molecular flexibility index (Phi) is 3.26. The van der Waals surface area contributed by atoms with Crippen LogP contribution in [0.4, 0.5) is 0 Å². The van der Waals surface area contributed by atoms with Gasteiger partial charge in [-0.2, -0.15) is 0 Å². The SMILES string of the molecule is O[C@H]1CCC[C@H]1NCc1ccc(Br)o1. The molecule has 1 saturated carbocycles. The molecule has 1 heterocycles. The van der Waals surface area contributed by atoms with Gasteiger partial charge in [0.2, 0.25) is 0 Å². The van der Waals surface area contributed by atoms with Crippen molar-refractivity contribution in [3.8, 4) is 0 Å². The van der Waals surface area contributed by atoms with E-state index in [2.05, 4.69) is 21.2 Å². The average Bonchev–Trinajstić information content (AvgIpc) is 2.72. The van der Waals surface area contributed by atoms with Crippen LogP contribution in [0, 0.1) is 0 Å². The van der Waals surface area contributed by atoms with Gasteiger partial charge in [-0.25, -0.2) is 0 Å². The molecule has 1 aliphatic carbocycles. The van der Waals surface area contributed by atoms with Crippen LogP contribution in [-0.4, -0.2) is 17.3 Å². The monoisotopic (exact) mass is 259 g/mol. The number of halogens is 1. The first-order chi connectivity index (χ1) is 6.75. The predicted octanol–water partition coefficient (Wildman–Crippen LogP) is 2.05. The van der Waals surface area contributed by atoms with Crippen molar-refractivity contribution in [2.75, 3.05) is 0 Å². The molecule has 4 heteroatoms. The van der Waals surface area contributed by atoms with Crippen LogP contribution < -0.4 is 5.32 Å². The van der Waals surface area contributed by atoms with Crippen molar-refractivity contribution in [1.29, 1.82) is 0 Å². The first kappa shape index (κ1) is 10.2. The van der Waals surface area contributed by atoms with Crippen LogP contribution in [0.1, 0.15) is 25.0 Å². The van der Waals surface area contributed by atoms with Gasteiger partial charge in [-0.1, -0.05) is 0 Å². The standard InChI is InChI=1S/C10H14BrNO2/c11-10-5-4-7(14-10)6-12-8-2-1-3-9(8)13/h4-5,8-9,12-13H,1-3,6H2/t8-,9+/m1/s1. The van der Waals surface area contributed by atoms with Gasteiger partial charge in [0.25, 0.3) is 0 Å². The van der Waals surface area contributed by atoms with Crippen LogP contribution >= 0.6 is 15.9 Å². The number of furan rings is 1. The Morgan fingerprint density at radius 3 is 2.93 bits per heavy atom. The average molecular weight is 260 g/mol. The normalized spacial score (nSPS) is 27.0. The zero-order chi connectivity index (χ0) is 9.97. The fourth-order valence-electron chi connectivity index (χ4n) is 1.86. The van der Waals surface area contributed by atoms with Gasteiger partial charge in [0.15, 0.2) is 4.67 Å². The minimum atomic E-state index is -0.187. The van der Waals surface area contributed by atoms with Crippen LogP contribution in [0.5, 0.6) is 0 Å². The molecule has 2 rings (SSSR count). The molecule has 1 aliphatic rings. The smallest absolute Gasteiger partial charge is 0.169 e. The lowest BCUT2D eigenvalue weighted by atomic mass is 10.2. The third-order valence-electron chi connectivity index (χ3n) is 2.65. The molecule has 2 N–H and O–H groups in total. The largest absolute Gasteiger partial charge is 0.453 e. The van der Waals surface area contributed by atoms with Gasteiger partial charge in [-0.05, 0) is 47.3 Å². The Balaban J connectivity index is 1.82. The molecule has 1 aromatic rings. The van der Waals surface area contributed by atoms with Crippen molar-refractivity contribution in [2.45, 2.75) is 38.0 Å². The number of hydrogen-bond donors (Lipinski definition) is 2. The highest BCUT2D eigenvalue weighted by molar-refractivity contribution is 9.10. The third kappa shape index (κ3) is 2.38. The maximum Gasteiger partial charge on any atom is 0.169 e. The van der Waals surface area contributed by atoms with E-state index in [1.54, 1.807) is 0 Å². The summed E-state index contributed by atoms with van der Waals surface area (Å²) >= 11 is 3.25. The second-order valence-corrected chi connectivity index (χ2v) is 4.47. The second-order valence-electron chi connectivity index (χ2n) is 3.69. The molecule has 78 valence electrons. The lowest BCUT2D eigenvalue weighted by Crippen LogP contribution is -2.34. The minimum Gasteiger partial charge on any atom is -0.453 e. The van der Waals surface area contributed by atoms with Crippen molar-refractivity contribution in [3.05, 3.63) is 22.6 Å². The zero-order valence-corrected chi connectivity index (χ0v) is 9.46. The second kappa shape index (κ2) is 4.47. The lowest BCUT2D eigenvalue weighted by Gasteiger charge is -2.15. The summed E-state index contributed by atoms with van der Waals surface area (Å²) in [5.41, 5.74) is 0. The first-order valence-electron chi connectivity index (χ1n) is 4.91. The number of aliphatic hydroxyl groups is 1. The van der Waals surface area contributed by atoms with Crippen molar-refractivity contribution in [3.63, 3.8) is 0 Å². The molecule has 14 heavy (non-hydrogen) atoms. The Morgan fingerprint density at radius 2 is 2.36 bits per heavy atom. The van der Waals surface area contributed by atoms with Crippen LogP contribution in [0.15, 0.2) is 21.2 Å². The first-order valence-corrected chi connectivity index (χ1v) is 5.70. The summed E-state index contributed by atoms with van der Waals surface area (Å²) < 4.78 is 6.10. The predicted molar refractivity (Wildman–Crippen MR) is 56.9 cm³/mol. The van der Waals surface area contributed by atoms with E-state index in [9.17, 15) is 5.11 Å². The fourth-order valence-corrected chi connectivity index (χ4v) is 2.20. The van der Waals surface area contributed by atoms with E-state index in [0.29, 0.717) is 6.54 Å². The highest BCUT2D eigenvalue weighted by Gasteiger charge is 2.24. The number of hydrogen-bond acceptors (Lipinski definition) is 3. The van der Waals surface area contributed by atoms with E-state index >= 15 is 0 Å². The number of rotatable bonds is 3. The summed E-state index contributed by atoms with van der Waals surface area (Å²) in [5, 5.41) is 12.9. The summed E-state index contributed by atoms with van der Waals surface area (Å²) in [6.45, 7) is 0.688. The maximum absolute atomic E-state index is 9.57. The molecule has 1 aromatic heterocycles. The number of nitrogens with one attached hydrogen (secondary N) is 1. The van der Waals surface area contributed by atoms with Crippen molar-refractivity contribution >= 4 is 15.9 Å². The molecule has 0 aromatic carbocycles. The Morgan fingerprint density at radius 1 is 1.50 bits per heavy atom. The van der Waals surface area contributed by atoms with E-state index < -0.39 is 0 Å². The highest BCUT2D eigenvalue weighted by atomic mass is 79.9. The highest BCUT2D eigenvalue weighted by Crippen LogP contribution is 2.20. The molecular weight excluding hydrogens is 246 g/mol. The molecule has 1 fully saturated rings. The lowest BCUT2D eigenvalue weighted by molar-refractivity contribution is 0.147. The van der Waals surface area contributed by atoms with Gasteiger partial charge in [0.1, 0.15) is 5.76 Å². The minimum absolute atomic E-state index is 0.187. The number of aliphatic hydroxyl groups excluding tert-OH is 1. The van der Waals surface area contributed by atoms with Gasteiger partial charge in [-0.15, -0.1) is 0 Å². The summed E-state index contributed by atoms with van der Waals surface area (Å²) in [7, 11) is 0. The zero-order valence-electron chi connectivity index (χ0n) is 7.87. The van der Waals surface area contributed by atoms with Crippen LogP contribution in [-0.2, 0) is 6.54 Å². The molecule has 0 amide bonds. The van der Waals surface area contributed by atoms with Gasteiger partial charge in [0.05, 0.1) is 12.6 Å². The molecule has 0 saturated heterocycles. The molecule has 2 atom stereocenters. The Bertz CT molecular complexity index is 300. The quantitative estimate of drug-likeness (QED) is 0.874. The van der Waals surface area contributed by atoms with Gasteiger partial charge in [0, 0.05) is 6.04 Å². The summed E-state index contributed by atoms with van der Waals surface area (Å²) in [5.74, 6) is 0.899. The molecule has 0 bridgehead atoms. The molecule has 0 aliphatic heterocycles. The van der Waals surface area contributed by atoms with Crippen LogP contribution in [0.3, 0.4) is 0 Å². The Hall–Kier alpha value is -0.320. The van der Waals surface area contributed by atoms with E-state index in [4.69, 9.17) is 4.42 Å². The van der Waals surface area contributed by atoms with Crippen LogP contribution in [0.25, 0.3) is 0 Å². The Labute approximate surface area is 91.6 Å². The molecule has 0 spiro atoms. The molecular formula is C10H14BrNO2. The maximum atomic E-state index is 9.57. The van der Waals surface area contributed by atoms with Crippen LogP contribution in [0.2, 0.25) is 0 Å². The van der Waals surface area contributed by atoms with Crippen molar-refractivity contribution < 1.29 is 9.52 Å². The molecule has 0 unspecified atom stereocenters. The topological polar surface area (TPSA) is 45.4 Å².